The first-order valence-electron chi connectivity index (χ1n) is 17.8. The van der Waals surface area contributed by atoms with Gasteiger partial charge in [-0.15, -0.1) is 16.9 Å². The van der Waals surface area contributed by atoms with Gasteiger partial charge in [-0.1, -0.05) is 42.1 Å². The maximum Gasteiger partial charge on any atom is 0.513 e. The van der Waals surface area contributed by atoms with Gasteiger partial charge in [0.15, 0.2) is 11.5 Å². The third kappa shape index (κ3) is 8.97. The number of aromatic nitrogens is 4. The summed E-state index contributed by atoms with van der Waals surface area (Å²) in [5, 5.41) is 33.9. The molecule has 6 rings (SSSR count). The number of nitrogens with one attached hydrogen (secondary N) is 2. The van der Waals surface area contributed by atoms with Crippen LogP contribution in [0.3, 0.4) is 0 Å². The highest BCUT2D eigenvalue weighted by Crippen LogP contribution is 2.47. The lowest BCUT2D eigenvalue weighted by Gasteiger charge is -2.56. The Kier molecular flexibility index (Phi) is 13.2. The predicted molar refractivity (Wildman–Crippen MR) is 206 cm³/mol. The summed E-state index contributed by atoms with van der Waals surface area (Å²) in [6, 6.07) is 8.19. The molecule has 2 aromatic carbocycles. The van der Waals surface area contributed by atoms with Crippen LogP contribution >= 0.6 is 23.5 Å². The van der Waals surface area contributed by atoms with Crippen molar-refractivity contribution in [2.75, 3.05) is 31.8 Å². The van der Waals surface area contributed by atoms with E-state index in [-0.39, 0.29) is 63.4 Å². The molecular weight excluding hydrogens is 851 g/mol. The third-order valence-electron chi connectivity index (χ3n) is 8.77. The lowest BCUT2D eigenvalue weighted by atomic mass is 9.97. The highest BCUT2D eigenvalue weighted by Gasteiger charge is 2.67. The number of methoxy groups -OCH3 is 1. The molecule has 61 heavy (non-hydrogen) atoms. The molecule has 4 heterocycles. The van der Waals surface area contributed by atoms with E-state index in [1.165, 1.54) is 26.0 Å². The Labute approximate surface area is 350 Å². The monoisotopic (exact) mass is 883 g/mol. The number of carbonyl (C=O) groups is 7. The Morgan fingerprint density at radius 3 is 2.31 bits per heavy atom. The van der Waals surface area contributed by atoms with Crippen molar-refractivity contribution in [1.29, 1.82) is 0 Å². The lowest BCUT2D eigenvalue weighted by molar-refractivity contribution is -0.192. The van der Waals surface area contributed by atoms with Gasteiger partial charge in [0.1, 0.15) is 41.1 Å². The first-order chi connectivity index (χ1) is 29.2. The van der Waals surface area contributed by atoms with Gasteiger partial charge in [-0.3, -0.25) is 28.9 Å². The zero-order chi connectivity index (χ0) is 44.0. The van der Waals surface area contributed by atoms with Crippen molar-refractivity contribution in [1.82, 2.24) is 35.7 Å². The molecule has 320 valence electrons. The molecule has 0 bridgehead atoms. The minimum absolute atomic E-state index is 0.0319. The van der Waals surface area contributed by atoms with Crippen molar-refractivity contribution in [3.8, 4) is 11.5 Å². The lowest BCUT2D eigenvalue weighted by Crippen LogP contribution is -2.81. The fraction of sp³-hybridized carbons (Fsp3) is 0.306. The maximum absolute atomic E-state index is 14.2. The van der Waals surface area contributed by atoms with E-state index in [0.29, 0.717) is 0 Å². The summed E-state index contributed by atoms with van der Waals surface area (Å²) in [6.07, 6.45) is -1.57. The molecule has 0 radical (unpaired) electrons. The van der Waals surface area contributed by atoms with E-state index in [0.717, 1.165) is 58.6 Å². The summed E-state index contributed by atoms with van der Waals surface area (Å²) in [5.74, 6) is -6.56. The van der Waals surface area contributed by atoms with E-state index >= 15 is 0 Å². The van der Waals surface area contributed by atoms with Crippen LogP contribution in [0.25, 0.3) is 11.0 Å². The highest BCUT2D eigenvalue weighted by molar-refractivity contribution is 8.01. The van der Waals surface area contributed by atoms with Gasteiger partial charge in [-0.25, -0.2) is 19.1 Å². The Bertz CT molecular complexity index is 2510. The first kappa shape index (κ1) is 43.6. The van der Waals surface area contributed by atoms with Crippen LogP contribution in [-0.4, -0.2) is 120 Å². The highest BCUT2D eigenvalue weighted by atomic mass is 32.2. The van der Waals surface area contributed by atoms with E-state index in [1.54, 1.807) is 18.2 Å². The molecule has 2 aliphatic rings. The smallest absolute Gasteiger partial charge is 0.480 e. The van der Waals surface area contributed by atoms with Gasteiger partial charge >= 0.3 is 24.2 Å². The third-order valence-corrected chi connectivity index (χ3v) is 11.2. The maximum atomic E-state index is 14.2. The number of aliphatic carboxylic acids is 2. The average Bonchev–Trinajstić information content (AvgIpc) is 3.67. The zero-order valence-electron chi connectivity index (χ0n) is 32.0. The van der Waals surface area contributed by atoms with Crippen molar-refractivity contribution >= 4 is 76.5 Å². The number of rotatable bonds is 16. The van der Waals surface area contributed by atoms with Crippen LogP contribution < -0.4 is 25.5 Å². The number of thioether (sulfide) groups is 2. The van der Waals surface area contributed by atoms with Gasteiger partial charge < -0.3 is 48.9 Å². The van der Waals surface area contributed by atoms with Gasteiger partial charge in [-0.2, -0.15) is 0 Å². The summed E-state index contributed by atoms with van der Waals surface area (Å²) in [6.45, 7) is 2.37. The number of hydrogen-bond acceptors (Lipinski definition) is 19. The van der Waals surface area contributed by atoms with Crippen LogP contribution in [0.2, 0.25) is 0 Å². The minimum atomic E-state index is -2.12. The standard InChI is InChI=1S/C36H33N7O16S2/c1-4-55-34(52)58-22-11-19-21(12-23(22)59-35(53)56-5-2)57-14-20(27(19)46)28(47)37-25(17-9-7-6-8-10-17)29(48)38-36(54-3)31(51)43-26(30(49)50)18(15-60-32(36)43)16-61-33-39-40-41-42(33)13-24(44)45/h6-12,14,25,32H,4-5,13,15-16H2,1-3H3,(H,37,47)(H,38,48)(H,44,45)(H,49,50)/t25?,32-,36-/m0/s1. The molecule has 0 saturated carbocycles. The Morgan fingerprint density at radius 2 is 1.69 bits per heavy atom. The van der Waals surface area contributed by atoms with Gasteiger partial charge in [0.25, 0.3) is 17.5 Å². The molecule has 3 atom stereocenters. The number of benzene rings is 2. The number of tetrazole rings is 1. The van der Waals surface area contributed by atoms with Crippen molar-refractivity contribution in [3.05, 3.63) is 81.3 Å². The molecule has 25 heteroatoms. The molecule has 2 aliphatic heterocycles. The van der Waals surface area contributed by atoms with Crippen LogP contribution in [0, 0.1) is 0 Å². The molecule has 1 saturated heterocycles. The number of nitrogens with zero attached hydrogens (tertiary/aromatic N) is 5. The normalized spacial score (nSPS) is 17.4. The minimum Gasteiger partial charge on any atom is -0.480 e. The topological polar surface area (TPSA) is 307 Å². The summed E-state index contributed by atoms with van der Waals surface area (Å²) >= 11 is 2.03. The van der Waals surface area contributed by atoms with Crippen LogP contribution in [0.4, 0.5) is 9.59 Å². The molecule has 1 fully saturated rings. The largest absolute Gasteiger partial charge is 0.513 e. The number of ether oxygens (including phenoxy) is 5. The van der Waals surface area contributed by atoms with Crippen LogP contribution in [0.15, 0.2) is 74.4 Å². The Morgan fingerprint density at radius 1 is 1.02 bits per heavy atom. The summed E-state index contributed by atoms with van der Waals surface area (Å²) < 4.78 is 32.0. The average molecular weight is 884 g/mol. The predicted octanol–water partition coefficient (Wildman–Crippen LogP) is 1.91. The van der Waals surface area contributed by atoms with E-state index in [1.807, 2.05) is 0 Å². The molecule has 1 unspecified atom stereocenters. The number of hydrogen-bond donors (Lipinski definition) is 4. The molecule has 4 aromatic rings. The number of carbonyl (C=O) groups excluding carboxylic acids is 5. The first-order valence-corrected chi connectivity index (χ1v) is 19.8. The second-order valence-electron chi connectivity index (χ2n) is 12.5. The molecule has 23 nitrogen and oxygen atoms in total. The zero-order valence-corrected chi connectivity index (χ0v) is 33.6. The van der Waals surface area contributed by atoms with Crippen LogP contribution in [0.1, 0.15) is 35.8 Å². The van der Waals surface area contributed by atoms with Gasteiger partial charge in [0, 0.05) is 24.7 Å². The van der Waals surface area contributed by atoms with Gasteiger partial charge in [0.2, 0.25) is 16.5 Å². The summed E-state index contributed by atoms with van der Waals surface area (Å²) in [7, 11) is 1.13. The van der Waals surface area contributed by atoms with E-state index in [4.69, 9.17) is 33.2 Å². The van der Waals surface area contributed by atoms with Gasteiger partial charge in [0.05, 0.1) is 18.6 Å². The van der Waals surface area contributed by atoms with Crippen LogP contribution in [-0.2, 0) is 39.9 Å². The molecular formula is C36H33N7O16S2. The summed E-state index contributed by atoms with van der Waals surface area (Å²) in [5.41, 5.74) is -3.80. The number of carboxylic acid groups (broad SMARTS) is 2. The SMILES string of the molecule is CCOC(=O)Oc1cc2occ(C(=O)NC(C(=O)N[C@]3(OC)C(=O)N4C(C(=O)O)=C(CSc5nnnn5CC(=O)O)CS[C@H]43)c3ccccc3)c(=O)c2cc1OC(=O)OCC. The van der Waals surface area contributed by atoms with E-state index in [2.05, 4.69) is 26.2 Å². The molecule has 4 N–H and O–H groups in total. The number of carboxylic acids is 2. The number of fused-ring (bicyclic) bond motifs is 2. The van der Waals surface area contributed by atoms with Crippen molar-refractivity contribution in [2.24, 2.45) is 0 Å². The molecule has 2 aromatic heterocycles. The quantitative estimate of drug-likeness (QED) is 0.0411. The van der Waals surface area contributed by atoms with Crippen molar-refractivity contribution in [2.45, 2.75) is 42.7 Å². The Hall–Kier alpha value is -6.99. The van der Waals surface area contributed by atoms with E-state index < -0.39 is 82.4 Å². The van der Waals surface area contributed by atoms with Crippen molar-refractivity contribution in [3.63, 3.8) is 0 Å². The summed E-state index contributed by atoms with van der Waals surface area (Å²) in [4.78, 5) is 105. The fourth-order valence-corrected chi connectivity index (χ4v) is 8.52. The fourth-order valence-electron chi connectivity index (χ4n) is 6.07. The second-order valence-corrected chi connectivity index (χ2v) is 14.5. The van der Waals surface area contributed by atoms with Crippen molar-refractivity contribution < 1.29 is 71.9 Å². The second kappa shape index (κ2) is 18.5. The molecule has 3 amide bonds. The van der Waals surface area contributed by atoms with Crippen LogP contribution in [0.5, 0.6) is 11.5 Å². The van der Waals surface area contributed by atoms with E-state index in [9.17, 15) is 43.5 Å². The number of β-lactam (4-membered cyclic amide) rings is 1. The van der Waals surface area contributed by atoms with Gasteiger partial charge in [-0.05, 0) is 41.5 Å². The number of amides is 3. The molecule has 0 aliphatic carbocycles. The molecule has 0 spiro atoms. The Balaban J connectivity index is 1.26.